The topological polar surface area (TPSA) is 83.8 Å². The van der Waals surface area contributed by atoms with Gasteiger partial charge in [0.25, 0.3) is 12.3 Å². The minimum absolute atomic E-state index is 0.102. The van der Waals surface area contributed by atoms with Crippen molar-refractivity contribution in [2.45, 2.75) is 13.0 Å². The van der Waals surface area contributed by atoms with Gasteiger partial charge < -0.3 is 10.7 Å². The Hall–Kier alpha value is -2.28. The molecule has 7 heteroatoms. The summed E-state index contributed by atoms with van der Waals surface area (Å²) in [5, 5.41) is 2.41. The lowest BCUT2D eigenvalue weighted by Crippen LogP contribution is -2.16. The summed E-state index contributed by atoms with van der Waals surface area (Å²) in [6, 6.07) is 4.05. The second-order valence-corrected chi connectivity index (χ2v) is 3.82. The average Bonchev–Trinajstić information content (AvgIpc) is 2.90. The minimum Gasteiger partial charge on any atom is -0.331 e. The molecule has 0 bridgehead atoms. The number of amides is 1. The highest BCUT2D eigenvalue weighted by molar-refractivity contribution is 6.04. The number of hydrogen-bond donors (Lipinski definition) is 3. The van der Waals surface area contributed by atoms with E-state index in [1.54, 1.807) is 0 Å². The Morgan fingerprint density at radius 3 is 2.84 bits per heavy atom. The monoisotopic (exact) mass is 266 g/mol. The van der Waals surface area contributed by atoms with Crippen LogP contribution in [0.5, 0.6) is 0 Å². The molecule has 1 aromatic heterocycles. The number of aromatic amines is 1. The first-order chi connectivity index (χ1) is 9.11. The fourth-order valence-corrected chi connectivity index (χ4v) is 1.63. The highest BCUT2D eigenvalue weighted by atomic mass is 19.3. The van der Waals surface area contributed by atoms with Gasteiger partial charge in [0.2, 0.25) is 5.95 Å². The van der Waals surface area contributed by atoms with Gasteiger partial charge >= 0.3 is 0 Å². The van der Waals surface area contributed by atoms with E-state index in [9.17, 15) is 13.6 Å². The van der Waals surface area contributed by atoms with Crippen LogP contribution in [0.25, 0.3) is 0 Å². The molecule has 0 aliphatic heterocycles. The van der Waals surface area contributed by atoms with Crippen LogP contribution in [0, 0.1) is 0 Å². The fourth-order valence-electron chi connectivity index (χ4n) is 1.63. The van der Waals surface area contributed by atoms with Crippen LogP contribution >= 0.6 is 0 Å². The summed E-state index contributed by atoms with van der Waals surface area (Å²) in [6.45, 7) is 0.171. The van der Waals surface area contributed by atoms with Crippen molar-refractivity contribution in [1.82, 2.24) is 9.97 Å². The molecule has 0 aliphatic rings. The number of carbonyl (C=O) groups excluding carboxylic acids is 1. The normalized spacial score (nSPS) is 10.7. The Morgan fingerprint density at radius 2 is 2.26 bits per heavy atom. The van der Waals surface area contributed by atoms with Crippen LogP contribution in [0.15, 0.2) is 30.6 Å². The zero-order valence-corrected chi connectivity index (χ0v) is 9.86. The number of aromatic nitrogens is 2. The number of imidazole rings is 1. The summed E-state index contributed by atoms with van der Waals surface area (Å²) >= 11 is 0. The molecule has 0 saturated carbocycles. The van der Waals surface area contributed by atoms with Crippen LogP contribution < -0.4 is 11.1 Å². The predicted molar refractivity (Wildman–Crippen MR) is 65.8 cm³/mol. The molecule has 2 aromatic rings. The number of H-pyrrole nitrogens is 1. The van der Waals surface area contributed by atoms with Crippen molar-refractivity contribution < 1.29 is 13.6 Å². The van der Waals surface area contributed by atoms with Gasteiger partial charge in [-0.1, -0.05) is 12.1 Å². The number of nitrogens with two attached hydrogens (primary N) is 1. The number of nitrogens with one attached hydrogen (secondary N) is 2. The standard InChI is InChI=1S/C12H12F2N4O/c13-10(14)8-2-1-7(6-15)5-9(8)11(19)18-12-16-3-4-17-12/h1-5,10H,6,15H2,(H2,16,17,18,19). The molecule has 0 radical (unpaired) electrons. The van der Waals surface area contributed by atoms with Crippen molar-refractivity contribution in [3.63, 3.8) is 0 Å². The lowest BCUT2D eigenvalue weighted by molar-refractivity contribution is 0.101. The Morgan fingerprint density at radius 1 is 1.47 bits per heavy atom. The molecular weight excluding hydrogens is 254 g/mol. The lowest BCUT2D eigenvalue weighted by Gasteiger charge is -2.10. The Balaban J connectivity index is 2.33. The number of carbonyl (C=O) groups is 1. The van der Waals surface area contributed by atoms with E-state index in [1.165, 1.54) is 30.6 Å². The molecule has 19 heavy (non-hydrogen) atoms. The second-order valence-electron chi connectivity index (χ2n) is 3.82. The molecule has 0 fully saturated rings. The summed E-state index contributed by atoms with van der Waals surface area (Å²) in [7, 11) is 0. The number of hydrogen-bond acceptors (Lipinski definition) is 3. The Kier molecular flexibility index (Phi) is 3.86. The maximum Gasteiger partial charge on any atom is 0.264 e. The molecule has 1 heterocycles. The van der Waals surface area contributed by atoms with Crippen molar-refractivity contribution in [3.8, 4) is 0 Å². The van der Waals surface area contributed by atoms with Gasteiger partial charge in [0.05, 0.1) is 0 Å². The molecule has 100 valence electrons. The van der Waals surface area contributed by atoms with Crippen LogP contribution in [0.3, 0.4) is 0 Å². The smallest absolute Gasteiger partial charge is 0.264 e. The van der Waals surface area contributed by atoms with Crippen LogP contribution in [0.2, 0.25) is 0 Å². The maximum absolute atomic E-state index is 12.9. The van der Waals surface area contributed by atoms with Gasteiger partial charge in [0.15, 0.2) is 0 Å². The fraction of sp³-hybridized carbons (Fsp3) is 0.167. The van der Waals surface area contributed by atoms with E-state index in [1.807, 2.05) is 0 Å². The number of alkyl halides is 2. The quantitative estimate of drug-likeness (QED) is 0.792. The summed E-state index contributed by atoms with van der Waals surface area (Å²) in [5.74, 6) is -0.455. The molecule has 0 atom stereocenters. The van der Waals surface area contributed by atoms with E-state index in [4.69, 9.17) is 5.73 Å². The average molecular weight is 266 g/mol. The maximum atomic E-state index is 12.9. The molecule has 4 N–H and O–H groups in total. The largest absolute Gasteiger partial charge is 0.331 e. The zero-order valence-electron chi connectivity index (χ0n) is 9.86. The van der Waals surface area contributed by atoms with E-state index in [0.717, 1.165) is 0 Å². The summed E-state index contributed by atoms with van der Waals surface area (Å²) < 4.78 is 25.7. The van der Waals surface area contributed by atoms with Crippen molar-refractivity contribution in [2.24, 2.45) is 5.73 Å². The number of halogens is 2. The Bertz CT molecular complexity index is 569. The number of nitrogens with zero attached hydrogens (tertiary/aromatic N) is 1. The molecule has 1 amide bonds. The SMILES string of the molecule is NCc1ccc(C(F)F)c(C(=O)Nc2ncc[nH]2)c1. The molecule has 5 nitrogen and oxygen atoms in total. The molecule has 1 aromatic carbocycles. The van der Waals surface area contributed by atoms with Gasteiger partial charge in [0.1, 0.15) is 0 Å². The highest BCUT2D eigenvalue weighted by Crippen LogP contribution is 2.24. The highest BCUT2D eigenvalue weighted by Gasteiger charge is 2.19. The predicted octanol–water partition coefficient (Wildman–Crippen LogP) is 2.06. The van der Waals surface area contributed by atoms with E-state index >= 15 is 0 Å². The van der Waals surface area contributed by atoms with Gasteiger partial charge in [-0.05, 0) is 11.6 Å². The van der Waals surface area contributed by atoms with E-state index in [2.05, 4.69) is 15.3 Å². The molecule has 2 rings (SSSR count). The van der Waals surface area contributed by atoms with Gasteiger partial charge in [-0.3, -0.25) is 10.1 Å². The van der Waals surface area contributed by atoms with E-state index in [0.29, 0.717) is 5.56 Å². The van der Waals surface area contributed by atoms with Gasteiger partial charge in [-0.25, -0.2) is 13.8 Å². The molecule has 0 aliphatic carbocycles. The van der Waals surface area contributed by atoms with E-state index in [-0.39, 0.29) is 23.6 Å². The molecule has 0 spiro atoms. The van der Waals surface area contributed by atoms with Crippen molar-refractivity contribution in [2.75, 3.05) is 5.32 Å². The second kappa shape index (κ2) is 5.57. The van der Waals surface area contributed by atoms with Crippen molar-refractivity contribution in [3.05, 3.63) is 47.3 Å². The Labute approximate surface area is 107 Å². The number of rotatable bonds is 4. The van der Waals surface area contributed by atoms with Gasteiger partial charge in [-0.2, -0.15) is 0 Å². The lowest BCUT2D eigenvalue weighted by atomic mass is 10.0. The third kappa shape index (κ3) is 2.94. The van der Waals surface area contributed by atoms with E-state index < -0.39 is 12.3 Å². The van der Waals surface area contributed by atoms with Crippen LogP contribution in [0.4, 0.5) is 14.7 Å². The molecule has 0 saturated heterocycles. The number of anilines is 1. The molecular formula is C12H12F2N4O. The zero-order chi connectivity index (χ0) is 13.8. The minimum atomic E-state index is -2.73. The summed E-state index contributed by atoms with van der Waals surface area (Å²) in [5.41, 5.74) is 5.61. The third-order valence-electron chi connectivity index (χ3n) is 2.56. The third-order valence-corrected chi connectivity index (χ3v) is 2.56. The van der Waals surface area contributed by atoms with Crippen LogP contribution in [0.1, 0.15) is 27.9 Å². The molecule has 0 unspecified atom stereocenters. The number of benzene rings is 1. The summed E-state index contributed by atoms with van der Waals surface area (Å²) in [6.07, 6.45) is 0.226. The van der Waals surface area contributed by atoms with Gasteiger partial charge in [-0.15, -0.1) is 0 Å². The van der Waals surface area contributed by atoms with Crippen LogP contribution in [-0.4, -0.2) is 15.9 Å². The van der Waals surface area contributed by atoms with Crippen LogP contribution in [-0.2, 0) is 6.54 Å². The van der Waals surface area contributed by atoms with Gasteiger partial charge in [0, 0.05) is 30.1 Å². The summed E-state index contributed by atoms with van der Waals surface area (Å²) in [4.78, 5) is 18.4. The first-order valence-electron chi connectivity index (χ1n) is 5.53. The first-order valence-corrected chi connectivity index (χ1v) is 5.53. The van der Waals surface area contributed by atoms with Crippen molar-refractivity contribution >= 4 is 11.9 Å². The van der Waals surface area contributed by atoms with Crippen molar-refractivity contribution in [1.29, 1.82) is 0 Å². The first kappa shape index (κ1) is 13.2.